The third kappa shape index (κ3) is 4.13. The molecule has 0 aliphatic rings. The highest BCUT2D eigenvalue weighted by atomic mass is 16.5. The van der Waals surface area contributed by atoms with Crippen LogP contribution in [0.2, 0.25) is 0 Å². The molecule has 0 saturated carbocycles. The zero-order chi connectivity index (χ0) is 22.5. The number of rotatable bonds is 8. The van der Waals surface area contributed by atoms with E-state index in [1.807, 2.05) is 36.4 Å². The van der Waals surface area contributed by atoms with Crippen LogP contribution in [-0.4, -0.2) is 32.1 Å². The van der Waals surface area contributed by atoms with Crippen molar-refractivity contribution in [3.8, 4) is 28.6 Å². The van der Waals surface area contributed by atoms with Crippen LogP contribution in [0.1, 0.15) is 15.9 Å². The lowest BCUT2D eigenvalue weighted by Gasteiger charge is -2.16. The van der Waals surface area contributed by atoms with Crippen molar-refractivity contribution >= 4 is 17.3 Å². The van der Waals surface area contributed by atoms with E-state index in [9.17, 15) is 4.79 Å². The van der Waals surface area contributed by atoms with Crippen LogP contribution in [0.5, 0.6) is 17.2 Å². The molecule has 0 fully saturated rings. The zero-order valence-electron chi connectivity index (χ0n) is 17.9. The van der Waals surface area contributed by atoms with Crippen molar-refractivity contribution in [2.24, 2.45) is 0 Å². The Morgan fingerprint density at radius 1 is 0.906 bits per heavy atom. The van der Waals surface area contributed by atoms with E-state index in [0.717, 1.165) is 5.56 Å². The van der Waals surface area contributed by atoms with E-state index in [0.29, 0.717) is 45.6 Å². The summed E-state index contributed by atoms with van der Waals surface area (Å²) in [7, 11) is 4.54. The molecule has 32 heavy (non-hydrogen) atoms. The van der Waals surface area contributed by atoms with E-state index in [1.54, 1.807) is 36.7 Å². The average Bonchev–Trinajstić information content (AvgIpc) is 3.38. The van der Waals surface area contributed by atoms with E-state index in [4.69, 9.17) is 18.6 Å². The molecule has 1 N–H and O–H groups in total. The van der Waals surface area contributed by atoms with Crippen LogP contribution in [0.15, 0.2) is 77.5 Å². The molecule has 0 amide bonds. The lowest BCUT2D eigenvalue weighted by Crippen LogP contribution is -2.08. The van der Waals surface area contributed by atoms with Crippen molar-refractivity contribution in [2.75, 3.05) is 26.6 Å². The summed E-state index contributed by atoms with van der Waals surface area (Å²) in [5.41, 5.74) is 2.22. The van der Waals surface area contributed by atoms with Gasteiger partial charge in [0.1, 0.15) is 11.6 Å². The number of carbonyl (C=O) groups is 1. The summed E-state index contributed by atoms with van der Waals surface area (Å²) in [4.78, 5) is 18.0. The van der Waals surface area contributed by atoms with Crippen LogP contribution in [0, 0.1) is 0 Å². The fraction of sp³-hybridized carbons (Fsp3) is 0.120. The molecule has 0 aliphatic heterocycles. The molecule has 0 radical (unpaired) electrons. The van der Waals surface area contributed by atoms with Gasteiger partial charge in [-0.25, -0.2) is 4.98 Å². The fourth-order valence-corrected chi connectivity index (χ4v) is 3.38. The first-order valence-corrected chi connectivity index (χ1v) is 9.85. The number of ether oxygens (including phenoxy) is 3. The quantitative estimate of drug-likeness (QED) is 0.378. The number of hydrogen-bond donors (Lipinski definition) is 1. The van der Waals surface area contributed by atoms with Gasteiger partial charge in [-0.1, -0.05) is 6.07 Å². The molecule has 7 heteroatoms. The Kier molecular flexibility index (Phi) is 6.07. The van der Waals surface area contributed by atoms with Gasteiger partial charge in [0, 0.05) is 22.9 Å². The van der Waals surface area contributed by atoms with Gasteiger partial charge in [0.2, 0.25) is 5.75 Å². The largest absolute Gasteiger partial charge is 0.493 e. The smallest absolute Gasteiger partial charge is 0.203 e. The number of furan rings is 1. The van der Waals surface area contributed by atoms with Gasteiger partial charge in [-0.3, -0.25) is 4.79 Å². The molecule has 2 aromatic carbocycles. The number of methoxy groups -OCH3 is 3. The number of benzene rings is 2. The third-order valence-corrected chi connectivity index (χ3v) is 4.92. The molecular weight excluding hydrogens is 408 g/mol. The Balaban J connectivity index is 1.83. The SMILES string of the molecule is COc1cc(C(=O)c2cc(-c3ccco3)ccc2Nc2ccccn2)cc(OC)c1OC. The van der Waals surface area contributed by atoms with Crippen LogP contribution < -0.4 is 19.5 Å². The van der Waals surface area contributed by atoms with Crippen molar-refractivity contribution in [1.82, 2.24) is 4.98 Å². The Labute approximate surface area is 185 Å². The maximum Gasteiger partial charge on any atom is 0.203 e. The van der Waals surface area contributed by atoms with Crippen molar-refractivity contribution in [2.45, 2.75) is 0 Å². The molecule has 4 aromatic rings. The summed E-state index contributed by atoms with van der Waals surface area (Å²) in [6, 6.07) is 17.9. The van der Waals surface area contributed by atoms with E-state index in [2.05, 4.69) is 10.3 Å². The second-order valence-corrected chi connectivity index (χ2v) is 6.82. The maximum atomic E-state index is 13.7. The summed E-state index contributed by atoms with van der Waals surface area (Å²) in [5, 5.41) is 3.23. The normalized spacial score (nSPS) is 10.5. The number of carbonyl (C=O) groups excluding carboxylic acids is 1. The second-order valence-electron chi connectivity index (χ2n) is 6.82. The summed E-state index contributed by atoms with van der Waals surface area (Å²) in [6.45, 7) is 0. The maximum absolute atomic E-state index is 13.7. The number of pyridine rings is 1. The molecule has 0 saturated heterocycles. The number of ketones is 1. The number of nitrogens with one attached hydrogen (secondary N) is 1. The first-order chi connectivity index (χ1) is 15.6. The molecular formula is C25H22N2O5. The Morgan fingerprint density at radius 3 is 2.28 bits per heavy atom. The van der Waals surface area contributed by atoms with E-state index in [-0.39, 0.29) is 5.78 Å². The minimum atomic E-state index is -0.226. The number of anilines is 2. The highest BCUT2D eigenvalue weighted by Gasteiger charge is 2.21. The summed E-state index contributed by atoms with van der Waals surface area (Å²) >= 11 is 0. The lowest BCUT2D eigenvalue weighted by atomic mass is 9.97. The first kappa shape index (κ1) is 21.0. The molecule has 4 rings (SSSR count). The van der Waals surface area contributed by atoms with E-state index < -0.39 is 0 Å². The molecule has 0 spiro atoms. The van der Waals surface area contributed by atoms with Crippen LogP contribution in [-0.2, 0) is 0 Å². The van der Waals surface area contributed by atoms with Gasteiger partial charge < -0.3 is 23.9 Å². The second kappa shape index (κ2) is 9.26. The van der Waals surface area contributed by atoms with Gasteiger partial charge >= 0.3 is 0 Å². The predicted octanol–water partition coefficient (Wildman–Crippen LogP) is 5.34. The average molecular weight is 430 g/mol. The summed E-state index contributed by atoms with van der Waals surface area (Å²) < 4.78 is 21.7. The third-order valence-electron chi connectivity index (χ3n) is 4.92. The molecule has 0 unspecified atom stereocenters. The zero-order valence-corrected chi connectivity index (χ0v) is 17.9. The van der Waals surface area contributed by atoms with Crippen molar-refractivity contribution in [3.05, 3.63) is 84.3 Å². The molecule has 0 aliphatic carbocycles. The molecule has 0 atom stereocenters. The Bertz CT molecular complexity index is 1200. The topological polar surface area (TPSA) is 82.8 Å². The van der Waals surface area contributed by atoms with E-state index >= 15 is 0 Å². The van der Waals surface area contributed by atoms with Crippen molar-refractivity contribution < 1.29 is 23.4 Å². The highest BCUT2D eigenvalue weighted by Crippen LogP contribution is 2.39. The van der Waals surface area contributed by atoms with E-state index in [1.165, 1.54) is 21.3 Å². The first-order valence-electron chi connectivity index (χ1n) is 9.85. The minimum absolute atomic E-state index is 0.226. The number of hydrogen-bond acceptors (Lipinski definition) is 7. The summed E-state index contributed by atoms with van der Waals surface area (Å²) in [6.07, 6.45) is 3.27. The standard InChI is InChI=1S/C25H22N2O5/c1-29-21-14-17(15-22(30-2)25(21)31-3)24(28)18-13-16(20-7-6-12-32-20)9-10-19(18)27-23-8-4-5-11-26-23/h4-15H,1-3H3,(H,26,27). The summed E-state index contributed by atoms with van der Waals surface area (Å²) in [5.74, 6) is 2.28. The molecule has 7 nitrogen and oxygen atoms in total. The van der Waals surface area contributed by atoms with Gasteiger partial charge in [0.05, 0.1) is 33.3 Å². The van der Waals surface area contributed by atoms with Gasteiger partial charge in [-0.2, -0.15) is 0 Å². The Morgan fingerprint density at radius 2 is 1.69 bits per heavy atom. The van der Waals surface area contributed by atoms with Crippen LogP contribution in [0.25, 0.3) is 11.3 Å². The van der Waals surface area contributed by atoms with Gasteiger partial charge in [0.15, 0.2) is 17.3 Å². The lowest BCUT2D eigenvalue weighted by molar-refractivity contribution is 0.103. The fourth-order valence-electron chi connectivity index (χ4n) is 3.38. The van der Waals surface area contributed by atoms with Crippen LogP contribution in [0.4, 0.5) is 11.5 Å². The number of nitrogens with zero attached hydrogens (tertiary/aromatic N) is 1. The minimum Gasteiger partial charge on any atom is -0.493 e. The Hall–Kier alpha value is -4.26. The number of aromatic nitrogens is 1. The van der Waals surface area contributed by atoms with Crippen molar-refractivity contribution in [1.29, 1.82) is 0 Å². The van der Waals surface area contributed by atoms with Gasteiger partial charge in [-0.05, 0) is 54.6 Å². The van der Waals surface area contributed by atoms with Crippen LogP contribution in [0.3, 0.4) is 0 Å². The van der Waals surface area contributed by atoms with Gasteiger partial charge in [0.25, 0.3) is 0 Å². The van der Waals surface area contributed by atoms with Gasteiger partial charge in [-0.15, -0.1) is 0 Å². The predicted molar refractivity (Wildman–Crippen MR) is 121 cm³/mol. The molecule has 2 heterocycles. The monoisotopic (exact) mass is 430 g/mol. The molecule has 0 bridgehead atoms. The highest BCUT2D eigenvalue weighted by molar-refractivity contribution is 6.13. The van der Waals surface area contributed by atoms with Crippen LogP contribution >= 0.6 is 0 Å². The van der Waals surface area contributed by atoms with Crippen molar-refractivity contribution in [3.63, 3.8) is 0 Å². The molecule has 162 valence electrons. The molecule has 2 aromatic heterocycles.